The Hall–Kier alpha value is -2.07. The average Bonchev–Trinajstić information content (AvgIpc) is 2.56. The molecule has 1 fully saturated rings. The summed E-state index contributed by atoms with van der Waals surface area (Å²) in [4.78, 5) is 2.36. The first-order chi connectivity index (χ1) is 10.7. The molecular formula is C18H21FN2O. The lowest BCUT2D eigenvalue weighted by molar-refractivity contribution is 0.0251. The van der Waals surface area contributed by atoms with Gasteiger partial charge in [0.2, 0.25) is 0 Å². The smallest absolute Gasteiger partial charge is 0.123 e. The summed E-state index contributed by atoms with van der Waals surface area (Å²) in [5.74, 6) is -0.208. The van der Waals surface area contributed by atoms with Gasteiger partial charge in [-0.2, -0.15) is 0 Å². The molecular weight excluding hydrogens is 279 g/mol. The number of benzene rings is 2. The van der Waals surface area contributed by atoms with Crippen molar-refractivity contribution in [2.75, 3.05) is 23.7 Å². The highest BCUT2D eigenvalue weighted by Gasteiger charge is 2.19. The molecule has 116 valence electrons. The van der Waals surface area contributed by atoms with Crippen LogP contribution in [0.25, 0.3) is 0 Å². The van der Waals surface area contributed by atoms with E-state index >= 15 is 0 Å². The molecule has 2 N–H and O–H groups in total. The average molecular weight is 300 g/mol. The fraction of sp³-hybridized carbons (Fsp3) is 0.333. The van der Waals surface area contributed by atoms with Crippen molar-refractivity contribution < 1.29 is 9.13 Å². The molecule has 0 aliphatic carbocycles. The molecule has 0 saturated carbocycles. The van der Waals surface area contributed by atoms with E-state index in [4.69, 9.17) is 10.5 Å². The van der Waals surface area contributed by atoms with E-state index in [1.54, 1.807) is 12.1 Å². The molecule has 0 aromatic heterocycles. The molecule has 1 heterocycles. The van der Waals surface area contributed by atoms with Gasteiger partial charge in [0, 0.05) is 24.5 Å². The highest BCUT2D eigenvalue weighted by Crippen LogP contribution is 2.23. The van der Waals surface area contributed by atoms with Gasteiger partial charge in [-0.15, -0.1) is 0 Å². The third kappa shape index (κ3) is 3.77. The molecule has 3 nitrogen and oxygen atoms in total. The number of anilines is 2. The Labute approximate surface area is 130 Å². The van der Waals surface area contributed by atoms with Gasteiger partial charge >= 0.3 is 0 Å². The third-order valence-corrected chi connectivity index (χ3v) is 4.10. The van der Waals surface area contributed by atoms with Crippen LogP contribution in [-0.2, 0) is 11.3 Å². The quantitative estimate of drug-likeness (QED) is 0.877. The predicted octanol–water partition coefficient (Wildman–Crippen LogP) is 3.59. The predicted molar refractivity (Wildman–Crippen MR) is 87.3 cm³/mol. The van der Waals surface area contributed by atoms with Crippen molar-refractivity contribution in [2.24, 2.45) is 0 Å². The maximum Gasteiger partial charge on any atom is 0.123 e. The molecule has 2 aromatic rings. The summed E-state index contributed by atoms with van der Waals surface area (Å²) in [5.41, 5.74) is 8.74. The standard InChI is InChI=1S/C18H21FN2O/c19-15-3-1-14(2-4-15)13-22-18-9-11-21(12-10-18)17-7-5-16(20)6-8-17/h1-8,18H,9-13,20H2. The monoisotopic (exact) mass is 300 g/mol. The van der Waals surface area contributed by atoms with Crippen molar-refractivity contribution >= 4 is 11.4 Å². The SMILES string of the molecule is Nc1ccc(N2CCC(OCc3ccc(F)cc3)CC2)cc1. The Kier molecular flexibility index (Phi) is 4.59. The Morgan fingerprint density at radius 3 is 2.27 bits per heavy atom. The number of hydrogen-bond acceptors (Lipinski definition) is 3. The largest absolute Gasteiger partial charge is 0.399 e. The Morgan fingerprint density at radius 2 is 1.64 bits per heavy atom. The highest BCUT2D eigenvalue weighted by atomic mass is 19.1. The first kappa shape index (κ1) is 14.9. The number of nitrogen functional groups attached to an aromatic ring is 1. The number of nitrogens with zero attached hydrogens (tertiary/aromatic N) is 1. The van der Waals surface area contributed by atoms with Crippen LogP contribution in [0.1, 0.15) is 18.4 Å². The minimum absolute atomic E-state index is 0.208. The van der Waals surface area contributed by atoms with Crippen molar-refractivity contribution in [3.8, 4) is 0 Å². The Balaban J connectivity index is 1.47. The molecule has 22 heavy (non-hydrogen) atoms. The van der Waals surface area contributed by atoms with E-state index in [0.29, 0.717) is 6.61 Å². The van der Waals surface area contributed by atoms with Gasteiger partial charge in [0.25, 0.3) is 0 Å². The van der Waals surface area contributed by atoms with Crippen LogP contribution in [0.5, 0.6) is 0 Å². The number of hydrogen-bond donors (Lipinski definition) is 1. The summed E-state index contributed by atoms with van der Waals surface area (Å²) in [6, 6.07) is 14.5. The molecule has 3 rings (SSSR count). The molecule has 0 bridgehead atoms. The van der Waals surface area contributed by atoms with Gasteiger partial charge in [-0.05, 0) is 54.8 Å². The van der Waals surface area contributed by atoms with Crippen LogP contribution in [0.4, 0.5) is 15.8 Å². The fourth-order valence-corrected chi connectivity index (χ4v) is 2.76. The minimum atomic E-state index is -0.208. The number of halogens is 1. The summed E-state index contributed by atoms with van der Waals surface area (Å²) in [7, 11) is 0. The second-order valence-corrected chi connectivity index (χ2v) is 5.72. The van der Waals surface area contributed by atoms with Crippen molar-refractivity contribution in [1.29, 1.82) is 0 Å². The lowest BCUT2D eigenvalue weighted by Crippen LogP contribution is -2.36. The first-order valence-electron chi connectivity index (χ1n) is 7.67. The molecule has 4 heteroatoms. The normalized spacial score (nSPS) is 16.0. The van der Waals surface area contributed by atoms with Gasteiger partial charge in [-0.1, -0.05) is 12.1 Å². The van der Waals surface area contributed by atoms with Crippen LogP contribution in [0.3, 0.4) is 0 Å². The molecule has 1 aliphatic heterocycles. The Bertz CT molecular complexity index is 589. The van der Waals surface area contributed by atoms with Gasteiger partial charge in [-0.3, -0.25) is 0 Å². The lowest BCUT2D eigenvalue weighted by Gasteiger charge is -2.33. The van der Waals surface area contributed by atoms with Gasteiger partial charge in [-0.25, -0.2) is 4.39 Å². The molecule has 0 amide bonds. The zero-order valence-electron chi connectivity index (χ0n) is 12.5. The summed E-state index contributed by atoms with van der Waals surface area (Å²) in [6.45, 7) is 2.52. The number of ether oxygens (including phenoxy) is 1. The van der Waals surface area contributed by atoms with Gasteiger partial charge in [0.1, 0.15) is 5.82 Å². The molecule has 0 unspecified atom stereocenters. The van der Waals surface area contributed by atoms with Crippen molar-refractivity contribution in [3.05, 3.63) is 59.9 Å². The first-order valence-corrected chi connectivity index (χ1v) is 7.67. The van der Waals surface area contributed by atoms with Crippen molar-refractivity contribution in [2.45, 2.75) is 25.6 Å². The van der Waals surface area contributed by atoms with E-state index in [2.05, 4.69) is 17.0 Å². The third-order valence-electron chi connectivity index (χ3n) is 4.10. The summed E-state index contributed by atoms with van der Waals surface area (Å²) >= 11 is 0. The van der Waals surface area contributed by atoms with Crippen LogP contribution in [0.15, 0.2) is 48.5 Å². The Morgan fingerprint density at radius 1 is 1.00 bits per heavy atom. The summed E-state index contributed by atoms with van der Waals surface area (Å²) in [6.07, 6.45) is 2.28. The zero-order chi connectivity index (χ0) is 15.4. The zero-order valence-corrected chi connectivity index (χ0v) is 12.5. The fourth-order valence-electron chi connectivity index (χ4n) is 2.76. The molecule has 2 aromatic carbocycles. The second-order valence-electron chi connectivity index (χ2n) is 5.72. The van der Waals surface area contributed by atoms with Crippen LogP contribution >= 0.6 is 0 Å². The van der Waals surface area contributed by atoms with E-state index in [-0.39, 0.29) is 11.9 Å². The van der Waals surface area contributed by atoms with Gasteiger partial charge < -0.3 is 15.4 Å². The van der Waals surface area contributed by atoms with E-state index in [0.717, 1.165) is 37.2 Å². The molecule has 0 atom stereocenters. The van der Waals surface area contributed by atoms with E-state index < -0.39 is 0 Å². The van der Waals surface area contributed by atoms with Crippen LogP contribution in [0, 0.1) is 5.82 Å². The maximum atomic E-state index is 12.9. The molecule has 0 spiro atoms. The minimum Gasteiger partial charge on any atom is -0.399 e. The number of nitrogens with two attached hydrogens (primary N) is 1. The van der Waals surface area contributed by atoms with Crippen LogP contribution in [0.2, 0.25) is 0 Å². The van der Waals surface area contributed by atoms with Crippen LogP contribution in [-0.4, -0.2) is 19.2 Å². The topological polar surface area (TPSA) is 38.5 Å². The molecule has 1 aliphatic rings. The number of rotatable bonds is 4. The highest BCUT2D eigenvalue weighted by molar-refractivity contribution is 5.53. The van der Waals surface area contributed by atoms with E-state index in [1.165, 1.54) is 17.8 Å². The van der Waals surface area contributed by atoms with Gasteiger partial charge in [0.05, 0.1) is 12.7 Å². The lowest BCUT2D eigenvalue weighted by atomic mass is 10.1. The van der Waals surface area contributed by atoms with Gasteiger partial charge in [0.15, 0.2) is 0 Å². The molecule has 0 radical (unpaired) electrons. The second kappa shape index (κ2) is 6.79. The van der Waals surface area contributed by atoms with E-state index in [9.17, 15) is 4.39 Å². The summed E-state index contributed by atoms with van der Waals surface area (Å²) < 4.78 is 18.8. The number of piperidine rings is 1. The van der Waals surface area contributed by atoms with Crippen LogP contribution < -0.4 is 10.6 Å². The van der Waals surface area contributed by atoms with E-state index in [1.807, 2.05) is 12.1 Å². The van der Waals surface area contributed by atoms with Crippen molar-refractivity contribution in [1.82, 2.24) is 0 Å². The van der Waals surface area contributed by atoms with Crippen molar-refractivity contribution in [3.63, 3.8) is 0 Å². The summed E-state index contributed by atoms with van der Waals surface area (Å²) in [5, 5.41) is 0. The maximum absolute atomic E-state index is 12.9. The molecule has 1 saturated heterocycles.